The van der Waals surface area contributed by atoms with E-state index in [0.717, 1.165) is 17.9 Å². The average Bonchev–Trinajstić information content (AvgIpc) is 3.08. The van der Waals surface area contributed by atoms with Crippen LogP contribution in [0.5, 0.6) is 0 Å². The van der Waals surface area contributed by atoms with Crippen LogP contribution in [0.3, 0.4) is 0 Å². The van der Waals surface area contributed by atoms with Crippen molar-refractivity contribution in [2.45, 2.75) is 65.4 Å². The minimum Gasteiger partial charge on any atom is -0.378 e. The van der Waals surface area contributed by atoms with Crippen molar-refractivity contribution in [3.63, 3.8) is 0 Å². The Morgan fingerprint density at radius 2 is 1.74 bits per heavy atom. The van der Waals surface area contributed by atoms with Gasteiger partial charge >= 0.3 is 0 Å². The summed E-state index contributed by atoms with van der Waals surface area (Å²) in [6.07, 6.45) is 9.08. The maximum absolute atomic E-state index is 5.87. The predicted octanol–water partition coefficient (Wildman–Crippen LogP) is 3.70. The third-order valence-corrected chi connectivity index (χ3v) is 5.72. The maximum Gasteiger partial charge on any atom is 0.0538 e. The van der Waals surface area contributed by atoms with Gasteiger partial charge in [0.1, 0.15) is 0 Å². The standard InChI is InChI=1S/C17H31NO/c1-14(2)19-13-17(4-5-17)12-18-8-6-16(7-9-18)10-15(3)11-16/h14-15H,4-13H2,1-3H3. The van der Waals surface area contributed by atoms with Gasteiger partial charge in [-0.15, -0.1) is 0 Å². The second-order valence-corrected chi connectivity index (χ2v) is 8.15. The van der Waals surface area contributed by atoms with E-state index in [1.54, 1.807) is 0 Å². The fourth-order valence-corrected chi connectivity index (χ4v) is 4.36. The van der Waals surface area contributed by atoms with Gasteiger partial charge in [0.05, 0.1) is 12.7 Å². The van der Waals surface area contributed by atoms with Crippen LogP contribution in [0, 0.1) is 16.7 Å². The van der Waals surface area contributed by atoms with Crippen LogP contribution in [0.1, 0.15) is 59.3 Å². The van der Waals surface area contributed by atoms with Crippen molar-refractivity contribution >= 4 is 0 Å². The number of hydrogen-bond donors (Lipinski definition) is 0. The minimum atomic E-state index is 0.388. The van der Waals surface area contributed by atoms with Crippen LogP contribution in [0.2, 0.25) is 0 Å². The van der Waals surface area contributed by atoms with E-state index < -0.39 is 0 Å². The van der Waals surface area contributed by atoms with Gasteiger partial charge in [-0.2, -0.15) is 0 Å². The quantitative estimate of drug-likeness (QED) is 0.751. The van der Waals surface area contributed by atoms with Gasteiger partial charge in [0.15, 0.2) is 0 Å². The summed E-state index contributed by atoms with van der Waals surface area (Å²) in [5.74, 6) is 1.00. The molecule has 0 aromatic heterocycles. The van der Waals surface area contributed by atoms with Gasteiger partial charge in [-0.1, -0.05) is 6.92 Å². The summed E-state index contributed by atoms with van der Waals surface area (Å²) in [7, 11) is 0. The Morgan fingerprint density at radius 1 is 1.11 bits per heavy atom. The highest BCUT2D eigenvalue weighted by Crippen LogP contribution is 2.53. The van der Waals surface area contributed by atoms with Crippen molar-refractivity contribution in [3.05, 3.63) is 0 Å². The van der Waals surface area contributed by atoms with Crippen molar-refractivity contribution in [2.24, 2.45) is 16.7 Å². The van der Waals surface area contributed by atoms with Crippen LogP contribution in [-0.4, -0.2) is 37.2 Å². The molecule has 3 aliphatic rings. The highest BCUT2D eigenvalue weighted by atomic mass is 16.5. The van der Waals surface area contributed by atoms with E-state index in [9.17, 15) is 0 Å². The predicted molar refractivity (Wildman–Crippen MR) is 79.3 cm³/mol. The Balaban J connectivity index is 1.42. The molecule has 19 heavy (non-hydrogen) atoms. The summed E-state index contributed by atoms with van der Waals surface area (Å²) < 4.78 is 5.87. The highest BCUT2D eigenvalue weighted by molar-refractivity contribution is 4.99. The zero-order chi connectivity index (χ0) is 13.5. The lowest BCUT2D eigenvalue weighted by molar-refractivity contribution is -0.0210. The Morgan fingerprint density at radius 3 is 2.21 bits per heavy atom. The molecular formula is C17H31NO. The summed E-state index contributed by atoms with van der Waals surface area (Å²) in [5.41, 5.74) is 1.29. The maximum atomic E-state index is 5.87. The topological polar surface area (TPSA) is 12.5 Å². The lowest BCUT2D eigenvalue weighted by atomic mass is 9.58. The number of likely N-dealkylation sites (tertiary alicyclic amines) is 1. The van der Waals surface area contributed by atoms with Gasteiger partial charge in [-0.05, 0) is 76.8 Å². The van der Waals surface area contributed by atoms with E-state index in [1.165, 1.54) is 58.2 Å². The molecule has 1 spiro atoms. The molecular weight excluding hydrogens is 234 g/mol. The molecule has 2 saturated carbocycles. The van der Waals surface area contributed by atoms with E-state index in [0.29, 0.717) is 11.5 Å². The number of rotatable bonds is 5. The van der Waals surface area contributed by atoms with Gasteiger partial charge in [0.2, 0.25) is 0 Å². The number of piperidine rings is 1. The zero-order valence-corrected chi connectivity index (χ0v) is 13.1. The third kappa shape index (κ3) is 3.16. The smallest absolute Gasteiger partial charge is 0.0538 e. The zero-order valence-electron chi connectivity index (χ0n) is 13.1. The molecule has 0 bridgehead atoms. The van der Waals surface area contributed by atoms with E-state index in [1.807, 2.05) is 0 Å². The van der Waals surface area contributed by atoms with Crippen LogP contribution >= 0.6 is 0 Å². The summed E-state index contributed by atoms with van der Waals surface area (Å²) in [4.78, 5) is 2.73. The first kappa shape index (κ1) is 13.9. The third-order valence-electron chi connectivity index (χ3n) is 5.72. The SMILES string of the molecule is CC1CC2(CCN(CC3(COC(C)C)CC3)CC2)C1. The summed E-state index contributed by atoms with van der Waals surface area (Å²) in [6.45, 7) is 11.7. The molecule has 0 unspecified atom stereocenters. The normalized spacial score (nSPS) is 29.7. The van der Waals surface area contributed by atoms with Crippen LogP contribution < -0.4 is 0 Å². The van der Waals surface area contributed by atoms with Gasteiger partial charge in [0, 0.05) is 12.0 Å². The Bertz CT molecular complexity index is 305. The van der Waals surface area contributed by atoms with Crippen molar-refractivity contribution in [3.8, 4) is 0 Å². The number of nitrogens with zero attached hydrogens (tertiary/aromatic N) is 1. The molecule has 0 aromatic carbocycles. The molecule has 110 valence electrons. The Kier molecular flexibility index (Phi) is 3.68. The molecule has 2 nitrogen and oxygen atoms in total. The average molecular weight is 265 g/mol. The highest BCUT2D eigenvalue weighted by Gasteiger charge is 2.47. The number of ether oxygens (including phenoxy) is 1. The Labute approximate surface area is 118 Å². The first-order valence-corrected chi connectivity index (χ1v) is 8.35. The monoisotopic (exact) mass is 265 g/mol. The van der Waals surface area contributed by atoms with Gasteiger partial charge in [-0.25, -0.2) is 0 Å². The van der Waals surface area contributed by atoms with E-state index in [2.05, 4.69) is 25.7 Å². The fraction of sp³-hybridized carbons (Fsp3) is 1.00. The molecule has 1 saturated heterocycles. The molecule has 0 N–H and O–H groups in total. The summed E-state index contributed by atoms with van der Waals surface area (Å²) in [5, 5.41) is 0. The van der Waals surface area contributed by atoms with Crippen LogP contribution in [0.15, 0.2) is 0 Å². The molecule has 2 heteroatoms. The summed E-state index contributed by atoms with van der Waals surface area (Å²) in [6, 6.07) is 0. The molecule has 3 fully saturated rings. The molecule has 1 heterocycles. The van der Waals surface area contributed by atoms with E-state index in [4.69, 9.17) is 4.74 Å². The minimum absolute atomic E-state index is 0.388. The molecule has 0 atom stereocenters. The van der Waals surface area contributed by atoms with Crippen molar-refractivity contribution in [2.75, 3.05) is 26.2 Å². The molecule has 1 aliphatic heterocycles. The molecule has 2 aliphatic carbocycles. The molecule has 0 radical (unpaired) electrons. The van der Waals surface area contributed by atoms with Crippen LogP contribution in [-0.2, 0) is 4.74 Å². The first-order chi connectivity index (χ1) is 9.01. The van der Waals surface area contributed by atoms with E-state index in [-0.39, 0.29) is 0 Å². The molecule has 3 rings (SSSR count). The Hall–Kier alpha value is -0.0800. The molecule has 0 amide bonds. The largest absolute Gasteiger partial charge is 0.378 e. The summed E-state index contributed by atoms with van der Waals surface area (Å²) >= 11 is 0. The van der Waals surface area contributed by atoms with Crippen molar-refractivity contribution in [1.82, 2.24) is 4.90 Å². The van der Waals surface area contributed by atoms with Gasteiger partial charge in [-0.3, -0.25) is 0 Å². The second-order valence-electron chi connectivity index (χ2n) is 8.15. The van der Waals surface area contributed by atoms with Crippen LogP contribution in [0.25, 0.3) is 0 Å². The van der Waals surface area contributed by atoms with Crippen LogP contribution in [0.4, 0.5) is 0 Å². The molecule has 0 aromatic rings. The van der Waals surface area contributed by atoms with Crippen molar-refractivity contribution < 1.29 is 4.74 Å². The lowest BCUT2D eigenvalue weighted by Crippen LogP contribution is -2.48. The van der Waals surface area contributed by atoms with Crippen molar-refractivity contribution in [1.29, 1.82) is 0 Å². The van der Waals surface area contributed by atoms with E-state index >= 15 is 0 Å². The van der Waals surface area contributed by atoms with Gasteiger partial charge < -0.3 is 9.64 Å². The first-order valence-electron chi connectivity index (χ1n) is 8.35. The number of hydrogen-bond acceptors (Lipinski definition) is 2. The van der Waals surface area contributed by atoms with Gasteiger partial charge in [0.25, 0.3) is 0 Å². The lowest BCUT2D eigenvalue weighted by Gasteiger charge is -2.52. The fourth-order valence-electron chi connectivity index (χ4n) is 4.36. The second kappa shape index (κ2) is 5.04.